The summed E-state index contributed by atoms with van der Waals surface area (Å²) in [6, 6.07) is 16.7. The predicted octanol–water partition coefficient (Wildman–Crippen LogP) is 5.75. The first-order valence-corrected chi connectivity index (χ1v) is 8.84. The predicted molar refractivity (Wildman–Crippen MR) is 105 cm³/mol. The Labute approximate surface area is 150 Å². The van der Waals surface area contributed by atoms with Crippen molar-refractivity contribution in [2.45, 2.75) is 40.0 Å². The average molecular weight is 331 g/mol. The van der Waals surface area contributed by atoms with Gasteiger partial charge in [-0.3, -0.25) is 4.99 Å². The summed E-state index contributed by atoms with van der Waals surface area (Å²) < 4.78 is 2.16. The fourth-order valence-electron chi connectivity index (χ4n) is 3.03. The summed E-state index contributed by atoms with van der Waals surface area (Å²) in [6.45, 7) is 8.67. The number of benzene rings is 1. The van der Waals surface area contributed by atoms with Gasteiger partial charge in [0.05, 0.1) is 5.69 Å². The number of nitrogens with zero attached hydrogens (tertiary/aromatic N) is 3. The van der Waals surface area contributed by atoms with Crippen molar-refractivity contribution >= 4 is 11.9 Å². The van der Waals surface area contributed by atoms with Crippen molar-refractivity contribution < 1.29 is 0 Å². The Balaban J connectivity index is 1.85. The van der Waals surface area contributed by atoms with Gasteiger partial charge in [0.2, 0.25) is 0 Å². The second-order valence-corrected chi connectivity index (χ2v) is 6.51. The topological polar surface area (TPSA) is 30.2 Å². The SMILES string of the molecule is CC[C@H](C)c1ccc(N=Cc2cc(C)n(-c3ccccn3)c2C)cc1. The maximum Gasteiger partial charge on any atom is 0.136 e. The molecule has 128 valence electrons. The van der Waals surface area contributed by atoms with E-state index in [2.05, 4.69) is 72.6 Å². The molecule has 0 saturated heterocycles. The zero-order valence-corrected chi connectivity index (χ0v) is 15.4. The minimum absolute atomic E-state index is 0.593. The first-order valence-electron chi connectivity index (χ1n) is 8.84. The molecule has 0 aliphatic heterocycles. The molecule has 0 aliphatic rings. The van der Waals surface area contributed by atoms with Crippen molar-refractivity contribution in [2.24, 2.45) is 4.99 Å². The molecule has 1 aromatic carbocycles. The Morgan fingerprint density at radius 2 is 1.88 bits per heavy atom. The normalized spacial score (nSPS) is 12.6. The van der Waals surface area contributed by atoms with Crippen LogP contribution in [0.3, 0.4) is 0 Å². The lowest BCUT2D eigenvalue weighted by atomic mass is 9.99. The minimum Gasteiger partial charge on any atom is -0.303 e. The summed E-state index contributed by atoms with van der Waals surface area (Å²) >= 11 is 0. The van der Waals surface area contributed by atoms with E-state index in [9.17, 15) is 0 Å². The molecule has 2 heterocycles. The van der Waals surface area contributed by atoms with E-state index in [1.807, 2.05) is 30.6 Å². The number of aromatic nitrogens is 2. The summed E-state index contributed by atoms with van der Waals surface area (Å²) in [5.41, 5.74) is 5.78. The van der Waals surface area contributed by atoms with Crippen molar-refractivity contribution in [3.05, 3.63) is 77.2 Å². The lowest BCUT2D eigenvalue weighted by molar-refractivity contribution is 0.734. The van der Waals surface area contributed by atoms with Gasteiger partial charge in [-0.15, -0.1) is 0 Å². The van der Waals surface area contributed by atoms with Crippen molar-refractivity contribution in [1.82, 2.24) is 9.55 Å². The minimum atomic E-state index is 0.593. The molecule has 0 aliphatic carbocycles. The van der Waals surface area contributed by atoms with E-state index in [-0.39, 0.29) is 0 Å². The molecule has 3 rings (SSSR count). The lowest BCUT2D eigenvalue weighted by Crippen LogP contribution is -2.01. The molecule has 2 aromatic heterocycles. The van der Waals surface area contributed by atoms with Crippen LogP contribution in [-0.2, 0) is 0 Å². The standard InChI is InChI=1S/C22H25N3/c1-5-16(2)19-9-11-21(12-10-19)24-15-20-14-17(3)25(18(20)4)22-8-6-7-13-23-22/h6-16H,5H2,1-4H3/t16-/m0/s1. The Bertz CT molecular complexity index is 858. The van der Waals surface area contributed by atoms with Gasteiger partial charge in [-0.1, -0.05) is 32.0 Å². The van der Waals surface area contributed by atoms with Gasteiger partial charge in [0.25, 0.3) is 0 Å². The van der Waals surface area contributed by atoms with Gasteiger partial charge >= 0.3 is 0 Å². The second kappa shape index (κ2) is 7.47. The third kappa shape index (κ3) is 3.71. The number of hydrogen-bond acceptors (Lipinski definition) is 2. The van der Waals surface area contributed by atoms with Crippen LogP contribution in [0.5, 0.6) is 0 Å². The summed E-state index contributed by atoms with van der Waals surface area (Å²) in [5, 5.41) is 0. The van der Waals surface area contributed by atoms with Crippen molar-refractivity contribution in [2.75, 3.05) is 0 Å². The molecule has 0 bridgehead atoms. The van der Waals surface area contributed by atoms with Gasteiger partial charge in [0.15, 0.2) is 0 Å². The van der Waals surface area contributed by atoms with Crippen LogP contribution in [-0.4, -0.2) is 15.8 Å². The molecule has 3 nitrogen and oxygen atoms in total. The van der Waals surface area contributed by atoms with Crippen LogP contribution >= 0.6 is 0 Å². The van der Waals surface area contributed by atoms with Crippen molar-refractivity contribution in [3.8, 4) is 5.82 Å². The summed E-state index contributed by atoms with van der Waals surface area (Å²) in [6.07, 6.45) is 4.92. The van der Waals surface area contributed by atoms with Crippen LogP contribution in [0.4, 0.5) is 5.69 Å². The highest BCUT2D eigenvalue weighted by Crippen LogP contribution is 2.23. The van der Waals surface area contributed by atoms with E-state index in [4.69, 9.17) is 0 Å². The van der Waals surface area contributed by atoms with E-state index in [1.54, 1.807) is 0 Å². The molecule has 0 saturated carbocycles. The Kier molecular flexibility index (Phi) is 5.13. The number of aliphatic imine (C=N–C) groups is 1. The van der Waals surface area contributed by atoms with E-state index < -0.39 is 0 Å². The zero-order valence-electron chi connectivity index (χ0n) is 15.4. The summed E-state index contributed by atoms with van der Waals surface area (Å²) in [5.74, 6) is 1.53. The van der Waals surface area contributed by atoms with Gasteiger partial charge in [-0.25, -0.2) is 4.98 Å². The lowest BCUT2D eigenvalue weighted by Gasteiger charge is -2.08. The van der Waals surface area contributed by atoms with Gasteiger partial charge in [-0.2, -0.15) is 0 Å². The van der Waals surface area contributed by atoms with Gasteiger partial charge in [0.1, 0.15) is 5.82 Å². The first-order chi connectivity index (χ1) is 12.1. The fourth-order valence-corrected chi connectivity index (χ4v) is 3.03. The van der Waals surface area contributed by atoms with E-state index >= 15 is 0 Å². The van der Waals surface area contributed by atoms with E-state index in [0.717, 1.165) is 34.9 Å². The molecule has 0 spiro atoms. The second-order valence-electron chi connectivity index (χ2n) is 6.51. The van der Waals surface area contributed by atoms with Crippen molar-refractivity contribution in [3.63, 3.8) is 0 Å². The quantitative estimate of drug-likeness (QED) is 0.547. The highest BCUT2D eigenvalue weighted by molar-refractivity contribution is 5.84. The van der Waals surface area contributed by atoms with Gasteiger partial charge < -0.3 is 4.57 Å². The van der Waals surface area contributed by atoms with Crippen LogP contribution < -0.4 is 0 Å². The monoisotopic (exact) mass is 331 g/mol. The molecule has 1 atom stereocenters. The molecule has 0 radical (unpaired) electrons. The molecule has 3 heteroatoms. The molecule has 0 amide bonds. The number of pyridine rings is 1. The Hall–Kier alpha value is -2.68. The van der Waals surface area contributed by atoms with E-state index in [1.165, 1.54) is 5.56 Å². The van der Waals surface area contributed by atoms with E-state index in [0.29, 0.717) is 5.92 Å². The van der Waals surface area contributed by atoms with Crippen LogP contribution in [0.2, 0.25) is 0 Å². The maximum atomic E-state index is 4.65. The smallest absolute Gasteiger partial charge is 0.136 e. The van der Waals surface area contributed by atoms with Gasteiger partial charge in [-0.05, 0) is 62.1 Å². The molecule has 0 fully saturated rings. The number of rotatable bonds is 5. The molecular formula is C22H25N3. The largest absolute Gasteiger partial charge is 0.303 e. The summed E-state index contributed by atoms with van der Waals surface area (Å²) in [4.78, 5) is 9.11. The molecule has 25 heavy (non-hydrogen) atoms. The zero-order chi connectivity index (χ0) is 17.8. The third-order valence-corrected chi connectivity index (χ3v) is 4.78. The summed E-state index contributed by atoms with van der Waals surface area (Å²) in [7, 11) is 0. The number of hydrogen-bond donors (Lipinski definition) is 0. The van der Waals surface area contributed by atoms with Crippen LogP contribution in [0, 0.1) is 13.8 Å². The third-order valence-electron chi connectivity index (χ3n) is 4.78. The maximum absolute atomic E-state index is 4.65. The first kappa shape index (κ1) is 17.2. The Morgan fingerprint density at radius 3 is 2.52 bits per heavy atom. The fraction of sp³-hybridized carbons (Fsp3) is 0.273. The average Bonchev–Trinajstić information content (AvgIpc) is 2.94. The van der Waals surface area contributed by atoms with Crippen molar-refractivity contribution in [1.29, 1.82) is 0 Å². The molecule has 3 aromatic rings. The highest BCUT2D eigenvalue weighted by Gasteiger charge is 2.09. The van der Waals surface area contributed by atoms with Crippen LogP contribution in [0.25, 0.3) is 5.82 Å². The molecule has 0 N–H and O–H groups in total. The molecule has 0 unspecified atom stereocenters. The van der Waals surface area contributed by atoms with Crippen LogP contribution in [0.15, 0.2) is 59.7 Å². The Morgan fingerprint density at radius 1 is 1.12 bits per heavy atom. The van der Waals surface area contributed by atoms with Gasteiger partial charge in [0, 0.05) is 29.4 Å². The highest BCUT2D eigenvalue weighted by atomic mass is 15.1. The number of aryl methyl sites for hydroxylation is 1. The molecular weight excluding hydrogens is 306 g/mol. The van der Waals surface area contributed by atoms with Crippen LogP contribution in [0.1, 0.15) is 48.7 Å².